The van der Waals surface area contributed by atoms with E-state index in [1.807, 2.05) is 27.8 Å². The monoisotopic (exact) mass is 391 g/mol. The highest BCUT2D eigenvalue weighted by Crippen LogP contribution is 2.34. The quantitative estimate of drug-likeness (QED) is 0.675. The van der Waals surface area contributed by atoms with Crippen LogP contribution in [0.1, 0.15) is 40.2 Å². The first-order chi connectivity index (χ1) is 14.2. The summed E-state index contributed by atoms with van der Waals surface area (Å²) in [4.78, 5) is 15.4. The second kappa shape index (κ2) is 7.03. The Morgan fingerprint density at radius 2 is 1.90 bits per heavy atom. The van der Waals surface area contributed by atoms with Gasteiger partial charge in [-0.1, -0.05) is 0 Å². The molecule has 6 heteroatoms. The van der Waals surface area contributed by atoms with Gasteiger partial charge in [0.2, 0.25) is 0 Å². The van der Waals surface area contributed by atoms with Crippen LogP contribution >= 0.6 is 0 Å². The zero-order valence-electron chi connectivity index (χ0n) is 16.3. The first-order valence-electron chi connectivity index (χ1n) is 10.0. The summed E-state index contributed by atoms with van der Waals surface area (Å²) in [5, 5.41) is 4.69. The number of methoxy groups -OCH3 is 1. The zero-order chi connectivity index (χ0) is 20.0. The molecule has 0 radical (unpaired) electrons. The highest BCUT2D eigenvalue weighted by molar-refractivity contribution is 6.06. The maximum atomic E-state index is 13.5. The number of aryl methyl sites for hydroxylation is 1. The Balaban J connectivity index is 1.55. The largest absolute Gasteiger partial charge is 0.497 e. The van der Waals surface area contributed by atoms with Crippen molar-refractivity contribution in [1.29, 1.82) is 0 Å². The Hall–Kier alpha value is -3.15. The molecule has 0 saturated carbocycles. The van der Waals surface area contributed by atoms with Crippen molar-refractivity contribution < 1.29 is 13.9 Å². The number of fused-ring (bicyclic) bond motifs is 2. The van der Waals surface area contributed by atoms with E-state index in [2.05, 4.69) is 0 Å². The predicted molar refractivity (Wildman–Crippen MR) is 109 cm³/mol. The van der Waals surface area contributed by atoms with Crippen molar-refractivity contribution in [1.82, 2.24) is 9.78 Å². The number of carbonyl (C=O) groups is 1. The molecule has 2 heterocycles. The third kappa shape index (κ3) is 2.99. The summed E-state index contributed by atoms with van der Waals surface area (Å²) in [6.45, 7) is 0.677. The highest BCUT2D eigenvalue weighted by Gasteiger charge is 2.32. The van der Waals surface area contributed by atoms with Gasteiger partial charge in [0, 0.05) is 23.5 Å². The second-order valence-corrected chi connectivity index (χ2v) is 7.57. The van der Waals surface area contributed by atoms with Gasteiger partial charge in [-0.25, -0.2) is 9.07 Å². The van der Waals surface area contributed by atoms with Crippen molar-refractivity contribution >= 4 is 11.6 Å². The summed E-state index contributed by atoms with van der Waals surface area (Å²) in [6.07, 6.45) is 4.56. The molecule has 0 bridgehead atoms. The van der Waals surface area contributed by atoms with Gasteiger partial charge < -0.3 is 9.64 Å². The van der Waals surface area contributed by atoms with Crippen LogP contribution in [0.25, 0.3) is 5.69 Å². The number of amides is 1. The third-order valence-electron chi connectivity index (χ3n) is 5.85. The second-order valence-electron chi connectivity index (χ2n) is 7.57. The Kier molecular flexibility index (Phi) is 4.34. The van der Waals surface area contributed by atoms with Crippen LogP contribution in [0.2, 0.25) is 0 Å². The van der Waals surface area contributed by atoms with Gasteiger partial charge in [-0.3, -0.25) is 4.79 Å². The molecular formula is C23H22FN3O2. The number of aromatic nitrogens is 2. The van der Waals surface area contributed by atoms with Gasteiger partial charge in [0.15, 0.2) is 5.69 Å². The molecule has 1 aliphatic carbocycles. The minimum atomic E-state index is -0.283. The van der Waals surface area contributed by atoms with Crippen LogP contribution in [0, 0.1) is 5.82 Å². The van der Waals surface area contributed by atoms with Crippen LogP contribution in [0.15, 0.2) is 42.5 Å². The van der Waals surface area contributed by atoms with Crippen LogP contribution in [0.5, 0.6) is 5.75 Å². The fourth-order valence-corrected chi connectivity index (χ4v) is 4.44. The molecule has 0 spiro atoms. The Morgan fingerprint density at radius 3 is 2.69 bits per heavy atom. The lowest BCUT2D eigenvalue weighted by Gasteiger charge is -2.29. The zero-order valence-corrected chi connectivity index (χ0v) is 16.3. The molecule has 0 fully saturated rings. The molecule has 3 aromatic rings. The predicted octanol–water partition coefficient (Wildman–Crippen LogP) is 4.10. The molecule has 0 N–H and O–H groups in total. The molecule has 1 aliphatic heterocycles. The Morgan fingerprint density at radius 1 is 1.07 bits per heavy atom. The van der Waals surface area contributed by atoms with Crippen molar-refractivity contribution in [3.8, 4) is 11.4 Å². The van der Waals surface area contributed by atoms with Gasteiger partial charge >= 0.3 is 0 Å². The number of hydrogen-bond acceptors (Lipinski definition) is 3. The number of ether oxygens (including phenoxy) is 1. The fraction of sp³-hybridized carbons (Fsp3) is 0.304. The van der Waals surface area contributed by atoms with Crippen LogP contribution < -0.4 is 9.64 Å². The first kappa shape index (κ1) is 17.9. The van der Waals surface area contributed by atoms with E-state index in [-0.39, 0.29) is 11.7 Å². The normalized spacial score (nSPS) is 15.2. The average molecular weight is 391 g/mol. The van der Waals surface area contributed by atoms with Gasteiger partial charge in [0.1, 0.15) is 11.6 Å². The van der Waals surface area contributed by atoms with Crippen LogP contribution in [-0.2, 0) is 19.3 Å². The number of carbonyl (C=O) groups excluding carboxylic acids is 1. The minimum absolute atomic E-state index is 0.0601. The van der Waals surface area contributed by atoms with E-state index >= 15 is 0 Å². The van der Waals surface area contributed by atoms with Crippen molar-refractivity contribution in [3.05, 3.63) is 70.8 Å². The molecule has 1 aromatic heterocycles. The summed E-state index contributed by atoms with van der Waals surface area (Å²) in [5.41, 5.74) is 5.45. The van der Waals surface area contributed by atoms with Gasteiger partial charge in [-0.2, -0.15) is 5.10 Å². The van der Waals surface area contributed by atoms with E-state index in [4.69, 9.17) is 9.84 Å². The molecular weight excluding hydrogens is 369 g/mol. The van der Waals surface area contributed by atoms with Gasteiger partial charge in [0.05, 0.1) is 12.8 Å². The van der Waals surface area contributed by atoms with E-state index in [0.29, 0.717) is 12.2 Å². The van der Waals surface area contributed by atoms with Gasteiger partial charge in [0.25, 0.3) is 5.91 Å². The number of anilines is 1. The molecule has 0 saturated heterocycles. The number of hydrogen-bond donors (Lipinski definition) is 0. The summed E-state index contributed by atoms with van der Waals surface area (Å²) in [6, 6.07) is 12.1. The number of rotatable bonds is 3. The van der Waals surface area contributed by atoms with Crippen molar-refractivity contribution in [2.45, 2.75) is 32.1 Å². The van der Waals surface area contributed by atoms with Crippen molar-refractivity contribution in [2.24, 2.45) is 0 Å². The molecule has 0 unspecified atom stereocenters. The maximum absolute atomic E-state index is 13.5. The Bertz CT molecular complexity index is 1090. The van der Waals surface area contributed by atoms with Crippen LogP contribution in [0.4, 0.5) is 10.1 Å². The lowest BCUT2D eigenvalue weighted by atomic mass is 10.0. The molecule has 5 rings (SSSR count). The smallest absolute Gasteiger partial charge is 0.279 e. The molecule has 0 atom stereocenters. The third-order valence-corrected chi connectivity index (χ3v) is 5.85. The SMILES string of the molecule is COc1ccc2c(c1)CCCN2C(=O)c1nn(-c2ccc(F)cc2)c2c1CCC2. The first-order valence-corrected chi connectivity index (χ1v) is 10.0. The number of benzene rings is 2. The van der Waals surface area contributed by atoms with Crippen LogP contribution in [0.3, 0.4) is 0 Å². The van der Waals surface area contributed by atoms with E-state index in [1.165, 1.54) is 12.1 Å². The van der Waals surface area contributed by atoms with E-state index in [0.717, 1.165) is 66.0 Å². The molecule has 2 aliphatic rings. The summed E-state index contributed by atoms with van der Waals surface area (Å²) in [7, 11) is 1.65. The summed E-state index contributed by atoms with van der Waals surface area (Å²) < 4.78 is 20.5. The van der Waals surface area contributed by atoms with E-state index < -0.39 is 0 Å². The molecule has 2 aromatic carbocycles. The molecule has 1 amide bonds. The fourth-order valence-electron chi connectivity index (χ4n) is 4.44. The summed E-state index contributed by atoms with van der Waals surface area (Å²) in [5.74, 6) is 0.462. The standard InChI is InChI=1S/C23H22FN3O2/c1-29-18-11-12-20-15(14-18)4-3-13-26(20)23(28)22-19-5-2-6-21(19)27(25-22)17-9-7-16(24)8-10-17/h7-12,14H,2-6,13H2,1H3. The van der Waals surface area contributed by atoms with Crippen molar-refractivity contribution in [2.75, 3.05) is 18.6 Å². The lowest BCUT2D eigenvalue weighted by molar-refractivity contribution is 0.0979. The minimum Gasteiger partial charge on any atom is -0.497 e. The van der Waals surface area contributed by atoms with E-state index in [1.54, 1.807) is 19.2 Å². The number of halogens is 1. The highest BCUT2D eigenvalue weighted by atomic mass is 19.1. The van der Waals surface area contributed by atoms with Gasteiger partial charge in [-0.15, -0.1) is 0 Å². The number of nitrogens with zero attached hydrogens (tertiary/aromatic N) is 3. The van der Waals surface area contributed by atoms with Crippen molar-refractivity contribution in [3.63, 3.8) is 0 Å². The van der Waals surface area contributed by atoms with E-state index in [9.17, 15) is 9.18 Å². The maximum Gasteiger partial charge on any atom is 0.279 e. The topological polar surface area (TPSA) is 47.4 Å². The summed E-state index contributed by atoms with van der Waals surface area (Å²) >= 11 is 0. The average Bonchev–Trinajstić information content (AvgIpc) is 3.36. The molecule has 148 valence electrons. The molecule has 29 heavy (non-hydrogen) atoms. The lowest BCUT2D eigenvalue weighted by Crippen LogP contribution is -2.36. The molecule has 5 nitrogen and oxygen atoms in total. The van der Waals surface area contributed by atoms with Crippen LogP contribution in [-0.4, -0.2) is 29.3 Å². The van der Waals surface area contributed by atoms with Gasteiger partial charge in [-0.05, 0) is 80.1 Å². The Labute approximate surface area is 168 Å².